The maximum atomic E-state index is 13.7. The molecule has 9 heteroatoms. The first-order valence-electron chi connectivity index (χ1n) is 13.1. The number of phenols is 1. The number of benzene rings is 4. The van der Waals surface area contributed by atoms with Crippen LogP contribution in [0.5, 0.6) is 5.75 Å². The molecule has 1 amide bonds. The van der Waals surface area contributed by atoms with E-state index in [1.807, 2.05) is 73.7 Å². The Morgan fingerprint density at radius 1 is 0.929 bits per heavy atom. The Kier molecular flexibility index (Phi) is 8.24. The normalized spacial score (nSPS) is 12.6. The summed E-state index contributed by atoms with van der Waals surface area (Å²) in [7, 11) is -4.17. The van der Waals surface area contributed by atoms with E-state index in [1.165, 1.54) is 16.7 Å². The summed E-state index contributed by atoms with van der Waals surface area (Å²) in [5.74, 6) is -0.636. The third kappa shape index (κ3) is 6.43. The molecule has 0 fully saturated rings. The van der Waals surface area contributed by atoms with Crippen LogP contribution in [0.25, 0.3) is 23.8 Å². The van der Waals surface area contributed by atoms with Gasteiger partial charge < -0.3 is 5.11 Å². The molecule has 1 aromatic heterocycles. The maximum absolute atomic E-state index is 13.7. The van der Waals surface area contributed by atoms with Gasteiger partial charge in [0.15, 0.2) is 0 Å². The van der Waals surface area contributed by atoms with Crippen LogP contribution in [-0.2, 0) is 21.2 Å². The van der Waals surface area contributed by atoms with Crippen molar-refractivity contribution in [1.82, 2.24) is 9.29 Å². The lowest BCUT2D eigenvalue weighted by atomic mass is 10.0. The van der Waals surface area contributed by atoms with Crippen molar-refractivity contribution in [2.24, 2.45) is 0 Å². The number of amides is 1. The number of aryl methyl sites for hydroxylation is 1. The first-order chi connectivity index (χ1) is 20.1. The first kappa shape index (κ1) is 28.8. The first-order valence-corrected chi connectivity index (χ1v) is 15.4. The van der Waals surface area contributed by atoms with Crippen molar-refractivity contribution < 1.29 is 18.3 Å². The quantitative estimate of drug-likeness (QED) is 0.281. The van der Waals surface area contributed by atoms with Crippen molar-refractivity contribution >= 4 is 39.9 Å². The molecule has 1 atom stereocenters. The van der Waals surface area contributed by atoms with Gasteiger partial charge in [0.25, 0.3) is 21.5 Å². The van der Waals surface area contributed by atoms with Crippen LogP contribution in [0.1, 0.15) is 22.7 Å². The molecule has 42 heavy (non-hydrogen) atoms. The van der Waals surface area contributed by atoms with Crippen molar-refractivity contribution in [2.45, 2.75) is 24.3 Å². The van der Waals surface area contributed by atoms with E-state index in [-0.39, 0.29) is 17.1 Å². The van der Waals surface area contributed by atoms with E-state index in [2.05, 4.69) is 11.3 Å². The summed E-state index contributed by atoms with van der Waals surface area (Å²) < 4.78 is 30.2. The fourth-order valence-electron chi connectivity index (χ4n) is 4.55. The number of nitrogens with one attached hydrogen (secondary N) is 1. The van der Waals surface area contributed by atoms with Gasteiger partial charge in [0.2, 0.25) is 0 Å². The molecule has 7 nitrogen and oxygen atoms in total. The van der Waals surface area contributed by atoms with Crippen molar-refractivity contribution in [3.8, 4) is 16.9 Å². The highest BCUT2D eigenvalue weighted by molar-refractivity contribution is 7.90. The third-order valence-electron chi connectivity index (χ3n) is 6.79. The summed E-state index contributed by atoms with van der Waals surface area (Å²) in [5, 5.41) is 9.54. The average Bonchev–Trinajstić information content (AvgIpc) is 3.25. The minimum absolute atomic E-state index is 0.0443. The van der Waals surface area contributed by atoms with Gasteiger partial charge in [-0.05, 0) is 59.5 Å². The second-order valence-corrected chi connectivity index (χ2v) is 12.6. The zero-order valence-corrected chi connectivity index (χ0v) is 24.4. The van der Waals surface area contributed by atoms with E-state index in [1.54, 1.807) is 30.3 Å². The lowest BCUT2D eigenvalue weighted by molar-refractivity contribution is -0.122. The smallest absolute Gasteiger partial charge is 0.269 e. The summed E-state index contributed by atoms with van der Waals surface area (Å²) in [6.07, 6.45) is 1.81. The molecule has 0 saturated carbocycles. The number of hydrogen-bond acceptors (Lipinski definition) is 6. The Balaban J connectivity index is 1.50. The van der Waals surface area contributed by atoms with Gasteiger partial charge in [0, 0.05) is 6.42 Å². The second kappa shape index (κ2) is 12.0. The molecule has 0 aliphatic heterocycles. The van der Waals surface area contributed by atoms with Crippen LogP contribution in [0, 0.1) is 6.92 Å². The Bertz CT molecular complexity index is 2000. The molecule has 0 aliphatic rings. The van der Waals surface area contributed by atoms with Gasteiger partial charge in [0.05, 0.1) is 14.1 Å². The molecular weight excluding hydrogens is 569 g/mol. The summed E-state index contributed by atoms with van der Waals surface area (Å²) in [4.78, 5) is 27.2. The molecule has 1 heterocycles. The van der Waals surface area contributed by atoms with Crippen LogP contribution >= 0.6 is 11.3 Å². The second-order valence-electron chi connectivity index (χ2n) is 9.84. The number of phenolic OH excluding ortho intramolecular Hbond substituents is 1. The average molecular weight is 597 g/mol. The number of aromatic hydroxyl groups is 1. The molecule has 4 aromatic carbocycles. The SMILES string of the molecule is C=c1s/c(=C\c2ccc(-c3ccc(O)cc3)cc2)c(=O)n1[C@@H](Cc1ccccc1)C(=O)NS(=O)(=O)c1ccc(C)cc1. The number of sulfonamides is 1. The van der Waals surface area contributed by atoms with Crippen LogP contribution in [0.15, 0.2) is 113 Å². The largest absolute Gasteiger partial charge is 0.508 e. The molecule has 0 bridgehead atoms. The fourth-order valence-corrected chi connectivity index (χ4v) is 6.51. The van der Waals surface area contributed by atoms with E-state index in [9.17, 15) is 23.1 Å². The molecule has 0 unspecified atom stereocenters. The summed E-state index contributed by atoms with van der Waals surface area (Å²) in [6, 6.07) is 28.6. The highest BCUT2D eigenvalue weighted by Gasteiger charge is 2.28. The zero-order valence-electron chi connectivity index (χ0n) is 22.7. The predicted octanol–water partition coefficient (Wildman–Crippen LogP) is 4.12. The number of thiazole rings is 1. The topological polar surface area (TPSA) is 105 Å². The van der Waals surface area contributed by atoms with Crippen molar-refractivity contribution in [2.75, 3.05) is 0 Å². The number of carbonyl (C=O) groups is 1. The van der Waals surface area contributed by atoms with Crippen LogP contribution in [0.3, 0.4) is 0 Å². The maximum Gasteiger partial charge on any atom is 0.269 e. The van der Waals surface area contributed by atoms with Crippen molar-refractivity contribution in [1.29, 1.82) is 0 Å². The predicted molar refractivity (Wildman–Crippen MR) is 166 cm³/mol. The summed E-state index contributed by atoms with van der Waals surface area (Å²) in [6.45, 7) is 5.86. The summed E-state index contributed by atoms with van der Waals surface area (Å²) in [5.41, 5.74) is 3.87. The molecule has 5 rings (SSSR count). The molecule has 0 spiro atoms. The van der Waals surface area contributed by atoms with Gasteiger partial charge in [-0.1, -0.05) is 91.0 Å². The Morgan fingerprint density at radius 2 is 1.52 bits per heavy atom. The standard InChI is InChI=1S/C33H28N2O5S2/c1-22-8-18-29(19-9-22)42(39,40)34-32(37)30(20-24-6-4-3-5-7-24)35-23(2)41-31(33(35)38)21-25-10-12-26(13-11-25)27-14-16-28(36)17-15-27/h3-19,21,30,36H,2,20H2,1H3,(H,34,37)/b31-21-/t30-/m0/s1. The molecule has 0 saturated heterocycles. The monoisotopic (exact) mass is 596 g/mol. The van der Waals surface area contributed by atoms with Crippen molar-refractivity contribution in [3.63, 3.8) is 0 Å². The van der Waals surface area contributed by atoms with E-state index in [0.29, 0.717) is 9.20 Å². The molecular formula is C33H28N2O5S2. The molecule has 0 radical (unpaired) electrons. The molecule has 0 aliphatic carbocycles. The lowest BCUT2D eigenvalue weighted by Gasteiger charge is -2.18. The number of carbonyl (C=O) groups excluding carboxylic acids is 1. The lowest BCUT2D eigenvalue weighted by Crippen LogP contribution is -2.44. The van der Waals surface area contributed by atoms with Gasteiger partial charge in [-0.25, -0.2) is 13.1 Å². The van der Waals surface area contributed by atoms with Crippen LogP contribution in [0.2, 0.25) is 0 Å². The van der Waals surface area contributed by atoms with E-state index in [0.717, 1.165) is 39.2 Å². The van der Waals surface area contributed by atoms with Crippen LogP contribution in [0.4, 0.5) is 0 Å². The minimum atomic E-state index is -4.17. The van der Waals surface area contributed by atoms with Crippen LogP contribution in [-0.4, -0.2) is 24.0 Å². The van der Waals surface area contributed by atoms with Gasteiger partial charge in [-0.15, -0.1) is 11.3 Å². The van der Waals surface area contributed by atoms with E-state index >= 15 is 0 Å². The Morgan fingerprint density at radius 3 is 2.14 bits per heavy atom. The molecule has 212 valence electrons. The zero-order chi connectivity index (χ0) is 29.9. The highest BCUT2D eigenvalue weighted by Crippen LogP contribution is 2.22. The van der Waals surface area contributed by atoms with Gasteiger partial charge in [-0.2, -0.15) is 0 Å². The third-order valence-corrected chi connectivity index (χ3v) is 9.09. The number of nitrogens with zero attached hydrogens (tertiary/aromatic N) is 1. The fraction of sp³-hybridized carbons (Fsp3) is 0.0909. The van der Waals surface area contributed by atoms with Gasteiger partial charge in [0.1, 0.15) is 11.8 Å². The number of rotatable bonds is 8. The molecule has 2 N–H and O–H groups in total. The number of hydrogen-bond donors (Lipinski definition) is 2. The summed E-state index contributed by atoms with van der Waals surface area (Å²) >= 11 is 1.14. The highest BCUT2D eigenvalue weighted by atomic mass is 32.2. The Hall–Kier alpha value is -4.73. The van der Waals surface area contributed by atoms with E-state index in [4.69, 9.17) is 0 Å². The van der Waals surface area contributed by atoms with Gasteiger partial charge in [-0.3, -0.25) is 14.2 Å². The Labute approximate surface area is 247 Å². The minimum Gasteiger partial charge on any atom is -0.508 e. The number of aromatic nitrogens is 1. The van der Waals surface area contributed by atoms with E-state index < -0.39 is 27.5 Å². The molecule has 5 aromatic rings. The van der Waals surface area contributed by atoms with Crippen LogP contribution < -0.4 is 19.5 Å². The van der Waals surface area contributed by atoms with Crippen molar-refractivity contribution in [3.05, 3.63) is 139 Å². The van der Waals surface area contributed by atoms with Gasteiger partial charge >= 0.3 is 0 Å².